The molecule has 1 heterocycles. The fraction of sp³-hybridized carbons (Fsp3) is 0.333. The molecule has 0 aliphatic carbocycles. The molecule has 1 aromatic heterocycles. The first-order valence-electron chi connectivity index (χ1n) is 6.76. The normalized spacial score (nSPS) is 12.0. The Morgan fingerprint density at radius 2 is 2.23 bits per heavy atom. The number of carbonyl (C=O) groups is 1. The molecule has 1 atom stereocenters. The minimum atomic E-state index is -0.345. The number of aryl methyl sites for hydroxylation is 2. The molecule has 0 fully saturated rings. The number of hydrogen-bond donors (Lipinski definition) is 2. The molecule has 22 heavy (non-hydrogen) atoms. The van der Waals surface area contributed by atoms with Gasteiger partial charge in [0, 0.05) is 16.8 Å². The summed E-state index contributed by atoms with van der Waals surface area (Å²) in [5.74, 6) is 0.691. The van der Waals surface area contributed by atoms with Crippen LogP contribution in [0.2, 0.25) is 5.02 Å². The maximum atomic E-state index is 11.9. The molecule has 2 rings (SSSR count). The van der Waals surface area contributed by atoms with E-state index in [1.165, 1.54) is 0 Å². The highest BCUT2D eigenvalue weighted by Gasteiger charge is 2.14. The zero-order chi connectivity index (χ0) is 16.1. The van der Waals surface area contributed by atoms with E-state index in [4.69, 9.17) is 16.0 Å². The van der Waals surface area contributed by atoms with Gasteiger partial charge in [-0.3, -0.25) is 5.32 Å². The molecule has 118 valence electrons. The van der Waals surface area contributed by atoms with E-state index < -0.39 is 0 Å². The van der Waals surface area contributed by atoms with Gasteiger partial charge in [-0.15, -0.1) is 0 Å². The summed E-state index contributed by atoms with van der Waals surface area (Å²) in [5.41, 5.74) is 1.83. The van der Waals surface area contributed by atoms with Gasteiger partial charge in [0.15, 0.2) is 0 Å². The first-order chi connectivity index (χ1) is 10.5. The molecule has 0 unspecified atom stereocenters. The summed E-state index contributed by atoms with van der Waals surface area (Å²) in [7, 11) is 0. The van der Waals surface area contributed by atoms with Crippen LogP contribution in [0.4, 0.5) is 10.8 Å². The van der Waals surface area contributed by atoms with Crippen molar-refractivity contribution in [3.63, 3.8) is 0 Å². The minimum absolute atomic E-state index is 0.123. The molecule has 0 aliphatic heterocycles. The summed E-state index contributed by atoms with van der Waals surface area (Å²) in [6.45, 7) is 4.10. The number of urea groups is 1. The van der Waals surface area contributed by atoms with Crippen LogP contribution in [0.15, 0.2) is 28.7 Å². The first-order valence-corrected chi connectivity index (χ1v) is 8.43. The average molecular weight is 340 g/mol. The van der Waals surface area contributed by atoms with E-state index in [0.29, 0.717) is 17.3 Å². The zero-order valence-corrected chi connectivity index (χ0v) is 14.2. The van der Waals surface area contributed by atoms with Crippen LogP contribution < -0.4 is 10.6 Å². The fourth-order valence-electron chi connectivity index (χ4n) is 1.90. The van der Waals surface area contributed by atoms with Gasteiger partial charge in [-0.1, -0.05) is 23.7 Å². The van der Waals surface area contributed by atoms with E-state index in [9.17, 15) is 4.79 Å². The maximum Gasteiger partial charge on any atom is 0.322 e. The lowest BCUT2D eigenvalue weighted by Crippen LogP contribution is -2.31. The first kappa shape index (κ1) is 16.7. The summed E-state index contributed by atoms with van der Waals surface area (Å²) in [4.78, 5) is 16.0. The van der Waals surface area contributed by atoms with E-state index in [1.807, 2.05) is 37.4 Å². The molecule has 2 aromatic rings. The van der Waals surface area contributed by atoms with Gasteiger partial charge < -0.3 is 9.73 Å². The van der Waals surface area contributed by atoms with E-state index in [1.54, 1.807) is 18.7 Å². The number of thioether (sulfide) groups is 1. The highest BCUT2D eigenvalue weighted by molar-refractivity contribution is 7.98. The van der Waals surface area contributed by atoms with Crippen molar-refractivity contribution in [2.75, 3.05) is 18.1 Å². The van der Waals surface area contributed by atoms with Crippen LogP contribution in [-0.2, 0) is 0 Å². The van der Waals surface area contributed by atoms with Crippen molar-refractivity contribution in [2.45, 2.75) is 19.1 Å². The average Bonchev–Trinajstić information content (AvgIpc) is 2.78. The van der Waals surface area contributed by atoms with E-state index in [0.717, 1.165) is 11.3 Å². The highest BCUT2D eigenvalue weighted by Crippen LogP contribution is 2.27. The SMILES string of the molecule is CS[C@@H](CNC(=O)Nc1nc(C)c(C)o1)c1cccc(Cl)c1. The zero-order valence-electron chi connectivity index (χ0n) is 12.6. The van der Waals surface area contributed by atoms with Crippen LogP contribution in [0.3, 0.4) is 0 Å². The van der Waals surface area contributed by atoms with Crippen LogP contribution in [0, 0.1) is 13.8 Å². The number of aromatic nitrogens is 1. The van der Waals surface area contributed by atoms with Crippen molar-refractivity contribution in [3.05, 3.63) is 46.3 Å². The van der Waals surface area contributed by atoms with Crippen LogP contribution in [-0.4, -0.2) is 23.8 Å². The van der Waals surface area contributed by atoms with Gasteiger partial charge in [0.1, 0.15) is 5.76 Å². The minimum Gasteiger partial charge on any atom is -0.428 e. The predicted octanol–water partition coefficient (Wildman–Crippen LogP) is 4.17. The summed E-state index contributed by atoms with van der Waals surface area (Å²) < 4.78 is 5.31. The molecule has 2 N–H and O–H groups in total. The van der Waals surface area contributed by atoms with E-state index in [-0.39, 0.29) is 17.3 Å². The third-order valence-corrected chi connectivity index (χ3v) is 4.44. The van der Waals surface area contributed by atoms with Crippen molar-refractivity contribution in [3.8, 4) is 0 Å². The molecule has 0 spiro atoms. The number of benzene rings is 1. The van der Waals surface area contributed by atoms with Gasteiger partial charge >= 0.3 is 12.0 Å². The Bertz CT molecular complexity index is 640. The predicted molar refractivity (Wildman–Crippen MR) is 90.7 cm³/mol. The number of nitrogens with one attached hydrogen (secondary N) is 2. The topological polar surface area (TPSA) is 67.2 Å². The summed E-state index contributed by atoms with van der Waals surface area (Å²) >= 11 is 7.65. The maximum absolute atomic E-state index is 11.9. The van der Waals surface area contributed by atoms with Crippen molar-refractivity contribution in [1.82, 2.24) is 10.3 Å². The fourth-order valence-corrected chi connectivity index (χ4v) is 2.76. The molecule has 2 amide bonds. The number of rotatable bonds is 5. The van der Waals surface area contributed by atoms with Crippen molar-refractivity contribution in [1.29, 1.82) is 0 Å². The summed E-state index contributed by atoms with van der Waals surface area (Å²) in [6.07, 6.45) is 1.99. The number of oxazole rings is 1. The Morgan fingerprint density at radius 1 is 1.45 bits per heavy atom. The van der Waals surface area contributed by atoms with Gasteiger partial charge in [0.25, 0.3) is 0 Å². The molecule has 0 bridgehead atoms. The Morgan fingerprint density at radius 3 is 2.82 bits per heavy atom. The van der Waals surface area contributed by atoms with Crippen molar-refractivity contribution < 1.29 is 9.21 Å². The lowest BCUT2D eigenvalue weighted by Gasteiger charge is -2.16. The molecule has 1 aromatic carbocycles. The van der Waals surface area contributed by atoms with Crippen molar-refractivity contribution >= 4 is 35.4 Å². The molecule has 0 radical (unpaired) electrons. The third kappa shape index (κ3) is 4.42. The van der Waals surface area contributed by atoms with Gasteiger partial charge in [-0.25, -0.2) is 4.79 Å². The Labute approximate surface area is 138 Å². The molecule has 0 aliphatic rings. The number of anilines is 1. The lowest BCUT2D eigenvalue weighted by atomic mass is 10.1. The quantitative estimate of drug-likeness (QED) is 0.857. The largest absolute Gasteiger partial charge is 0.428 e. The standard InChI is InChI=1S/C15H18ClN3O2S/c1-9-10(2)21-15(18-9)19-14(20)17-8-13(22-3)11-5-4-6-12(16)7-11/h4-7,13H,8H2,1-3H3,(H2,17,18,19,20)/t13-/m0/s1. The Balaban J connectivity index is 1.91. The lowest BCUT2D eigenvalue weighted by molar-refractivity contribution is 0.251. The number of hydrogen-bond acceptors (Lipinski definition) is 4. The molecular formula is C15H18ClN3O2S. The Kier molecular flexibility index (Phi) is 5.74. The van der Waals surface area contributed by atoms with Gasteiger partial charge in [-0.2, -0.15) is 16.7 Å². The molecular weight excluding hydrogens is 322 g/mol. The summed E-state index contributed by atoms with van der Waals surface area (Å²) in [5, 5.41) is 6.21. The molecule has 0 saturated carbocycles. The molecule has 7 heteroatoms. The number of carbonyl (C=O) groups excluding carboxylic acids is 1. The van der Waals surface area contributed by atoms with E-state index >= 15 is 0 Å². The summed E-state index contributed by atoms with van der Waals surface area (Å²) in [6, 6.07) is 7.49. The second-order valence-electron chi connectivity index (χ2n) is 4.77. The second-order valence-corrected chi connectivity index (χ2v) is 6.25. The van der Waals surface area contributed by atoms with Crippen molar-refractivity contribution in [2.24, 2.45) is 0 Å². The van der Waals surface area contributed by atoms with Gasteiger partial charge in [0.2, 0.25) is 0 Å². The second kappa shape index (κ2) is 7.56. The van der Waals surface area contributed by atoms with Crippen LogP contribution in [0.5, 0.6) is 0 Å². The highest BCUT2D eigenvalue weighted by atomic mass is 35.5. The number of halogens is 1. The van der Waals surface area contributed by atoms with Crippen LogP contribution in [0.25, 0.3) is 0 Å². The van der Waals surface area contributed by atoms with E-state index in [2.05, 4.69) is 15.6 Å². The number of amides is 2. The number of nitrogens with zero attached hydrogens (tertiary/aromatic N) is 1. The molecule has 0 saturated heterocycles. The van der Waals surface area contributed by atoms with Crippen LogP contribution in [0.1, 0.15) is 22.3 Å². The van der Waals surface area contributed by atoms with Crippen LogP contribution >= 0.6 is 23.4 Å². The van der Waals surface area contributed by atoms with Gasteiger partial charge in [-0.05, 0) is 37.8 Å². The monoisotopic (exact) mass is 339 g/mol. The molecule has 5 nitrogen and oxygen atoms in total. The van der Waals surface area contributed by atoms with Gasteiger partial charge in [0.05, 0.1) is 5.69 Å². The smallest absolute Gasteiger partial charge is 0.322 e. The third-order valence-electron chi connectivity index (χ3n) is 3.20. The Hall–Kier alpha value is -1.66.